The summed E-state index contributed by atoms with van der Waals surface area (Å²) in [5, 5.41) is 5.85. The average Bonchev–Trinajstić information content (AvgIpc) is 3.08. The molecule has 1 amide bonds. The molecule has 0 fully saturated rings. The Kier molecular flexibility index (Phi) is 7.09. The van der Waals surface area contributed by atoms with E-state index in [0.717, 1.165) is 18.7 Å². The number of nitrogens with zero attached hydrogens (tertiary/aromatic N) is 1. The van der Waals surface area contributed by atoms with Crippen molar-refractivity contribution in [2.24, 2.45) is 0 Å². The van der Waals surface area contributed by atoms with Crippen LogP contribution in [0.1, 0.15) is 30.3 Å². The zero-order valence-corrected chi connectivity index (χ0v) is 15.2. The first-order valence-electron chi connectivity index (χ1n) is 7.92. The predicted octanol–water partition coefficient (Wildman–Crippen LogP) is 4.14. The summed E-state index contributed by atoms with van der Waals surface area (Å²) in [7, 11) is 0. The van der Waals surface area contributed by atoms with E-state index < -0.39 is 0 Å². The quantitative estimate of drug-likeness (QED) is 0.775. The minimum atomic E-state index is 0.0426. The van der Waals surface area contributed by atoms with Gasteiger partial charge in [0, 0.05) is 16.4 Å². The van der Waals surface area contributed by atoms with Crippen molar-refractivity contribution >= 4 is 28.8 Å². The highest BCUT2D eigenvalue weighted by atomic mass is 35.5. The first kappa shape index (κ1) is 18.0. The number of hydrogen-bond acceptors (Lipinski definition) is 3. The van der Waals surface area contributed by atoms with Gasteiger partial charge in [-0.25, -0.2) is 0 Å². The molecule has 0 spiro atoms. The number of carbonyl (C=O) groups is 1. The van der Waals surface area contributed by atoms with E-state index in [-0.39, 0.29) is 11.9 Å². The molecule has 0 radical (unpaired) electrons. The van der Waals surface area contributed by atoms with Crippen LogP contribution in [0.15, 0.2) is 41.8 Å². The molecule has 0 aliphatic carbocycles. The van der Waals surface area contributed by atoms with Crippen LogP contribution in [-0.4, -0.2) is 30.4 Å². The summed E-state index contributed by atoms with van der Waals surface area (Å²) in [4.78, 5) is 15.9. The predicted molar refractivity (Wildman–Crippen MR) is 98.1 cm³/mol. The van der Waals surface area contributed by atoms with Crippen LogP contribution in [0.4, 0.5) is 0 Å². The summed E-state index contributed by atoms with van der Waals surface area (Å²) < 4.78 is 0. The lowest BCUT2D eigenvalue weighted by atomic mass is 10.1. The Bertz CT molecular complexity index is 594. The standard InChI is InChI=1S/C18H23ClN2OS/c1-3-21(4-2)16(17-6-5-11-23-17)13-20-18(22)12-14-7-9-15(19)10-8-14/h5-11,16H,3-4,12-13H2,1-2H3,(H,20,22). The molecule has 0 aliphatic rings. The molecule has 5 heteroatoms. The van der Waals surface area contributed by atoms with E-state index in [1.807, 2.05) is 24.3 Å². The third kappa shape index (κ3) is 5.34. The smallest absolute Gasteiger partial charge is 0.224 e. The molecule has 0 saturated heterocycles. The zero-order valence-electron chi connectivity index (χ0n) is 13.6. The van der Waals surface area contributed by atoms with Gasteiger partial charge in [0.25, 0.3) is 0 Å². The maximum Gasteiger partial charge on any atom is 0.224 e. The Hall–Kier alpha value is -1.36. The minimum absolute atomic E-state index is 0.0426. The number of hydrogen-bond donors (Lipinski definition) is 1. The van der Waals surface area contributed by atoms with Gasteiger partial charge >= 0.3 is 0 Å². The van der Waals surface area contributed by atoms with E-state index in [1.54, 1.807) is 11.3 Å². The lowest BCUT2D eigenvalue weighted by molar-refractivity contribution is -0.120. The Morgan fingerprint density at radius 3 is 2.48 bits per heavy atom. The zero-order chi connectivity index (χ0) is 16.7. The van der Waals surface area contributed by atoms with E-state index in [0.29, 0.717) is 18.0 Å². The molecular weight excluding hydrogens is 328 g/mol. The number of likely N-dealkylation sites (N-methyl/N-ethyl adjacent to an activating group) is 1. The molecule has 0 bridgehead atoms. The van der Waals surface area contributed by atoms with Crippen molar-refractivity contribution in [3.63, 3.8) is 0 Å². The van der Waals surface area contributed by atoms with Crippen LogP contribution >= 0.6 is 22.9 Å². The highest BCUT2D eigenvalue weighted by Gasteiger charge is 2.19. The molecule has 2 aromatic rings. The fourth-order valence-electron chi connectivity index (χ4n) is 2.62. The van der Waals surface area contributed by atoms with Crippen molar-refractivity contribution in [3.05, 3.63) is 57.2 Å². The van der Waals surface area contributed by atoms with E-state index in [2.05, 4.69) is 41.6 Å². The second kappa shape index (κ2) is 9.06. The molecule has 1 heterocycles. The summed E-state index contributed by atoms with van der Waals surface area (Å²) in [6.07, 6.45) is 0.382. The van der Waals surface area contributed by atoms with Gasteiger partial charge in [0.05, 0.1) is 12.5 Å². The number of halogens is 1. The highest BCUT2D eigenvalue weighted by Crippen LogP contribution is 2.24. The fourth-order valence-corrected chi connectivity index (χ4v) is 3.60. The molecule has 0 saturated carbocycles. The van der Waals surface area contributed by atoms with Crippen LogP contribution in [0.3, 0.4) is 0 Å². The van der Waals surface area contributed by atoms with Gasteiger partial charge in [-0.2, -0.15) is 0 Å². The number of nitrogens with one attached hydrogen (secondary N) is 1. The second-order valence-corrected chi connectivity index (χ2v) is 6.78. The van der Waals surface area contributed by atoms with E-state index >= 15 is 0 Å². The Balaban J connectivity index is 1.95. The number of thiophene rings is 1. The van der Waals surface area contributed by atoms with E-state index in [4.69, 9.17) is 11.6 Å². The van der Waals surface area contributed by atoms with Crippen LogP contribution in [0.5, 0.6) is 0 Å². The van der Waals surface area contributed by atoms with Crippen LogP contribution in [-0.2, 0) is 11.2 Å². The van der Waals surface area contributed by atoms with Crippen molar-refractivity contribution in [3.8, 4) is 0 Å². The van der Waals surface area contributed by atoms with Gasteiger partial charge in [-0.3, -0.25) is 9.69 Å². The molecule has 124 valence electrons. The van der Waals surface area contributed by atoms with Crippen LogP contribution < -0.4 is 5.32 Å². The van der Waals surface area contributed by atoms with Gasteiger partial charge in [-0.05, 0) is 42.2 Å². The maximum atomic E-state index is 12.2. The molecule has 1 aromatic heterocycles. The first-order chi connectivity index (χ1) is 11.1. The SMILES string of the molecule is CCN(CC)C(CNC(=O)Cc1ccc(Cl)cc1)c1cccs1. The topological polar surface area (TPSA) is 32.3 Å². The van der Waals surface area contributed by atoms with Crippen LogP contribution in [0.2, 0.25) is 5.02 Å². The molecule has 23 heavy (non-hydrogen) atoms. The molecular formula is C18H23ClN2OS. The van der Waals surface area contributed by atoms with Gasteiger partial charge < -0.3 is 5.32 Å². The second-order valence-electron chi connectivity index (χ2n) is 5.36. The van der Waals surface area contributed by atoms with Gasteiger partial charge in [-0.15, -0.1) is 11.3 Å². The minimum Gasteiger partial charge on any atom is -0.354 e. The number of carbonyl (C=O) groups excluding carboxylic acids is 1. The summed E-state index contributed by atoms with van der Waals surface area (Å²) in [6, 6.07) is 11.8. The number of rotatable bonds is 8. The normalized spacial score (nSPS) is 12.3. The van der Waals surface area contributed by atoms with Crippen LogP contribution in [0.25, 0.3) is 0 Å². The molecule has 1 aromatic carbocycles. The Morgan fingerprint density at radius 2 is 1.91 bits per heavy atom. The lowest BCUT2D eigenvalue weighted by Crippen LogP contribution is -2.38. The Morgan fingerprint density at radius 1 is 1.22 bits per heavy atom. The summed E-state index contributed by atoms with van der Waals surface area (Å²) in [5.74, 6) is 0.0426. The first-order valence-corrected chi connectivity index (χ1v) is 9.18. The molecule has 0 aliphatic heterocycles. The molecule has 1 atom stereocenters. The van der Waals surface area contributed by atoms with Crippen molar-refractivity contribution in [1.82, 2.24) is 10.2 Å². The molecule has 1 unspecified atom stereocenters. The summed E-state index contributed by atoms with van der Waals surface area (Å²) in [5.41, 5.74) is 0.974. The largest absolute Gasteiger partial charge is 0.354 e. The van der Waals surface area contributed by atoms with Gasteiger partial charge in [0.1, 0.15) is 0 Å². The molecule has 3 nitrogen and oxygen atoms in total. The van der Waals surface area contributed by atoms with Gasteiger partial charge in [0.15, 0.2) is 0 Å². The van der Waals surface area contributed by atoms with Crippen molar-refractivity contribution < 1.29 is 4.79 Å². The third-order valence-corrected chi connectivity index (χ3v) is 5.12. The van der Waals surface area contributed by atoms with Gasteiger partial charge in [-0.1, -0.05) is 43.6 Å². The van der Waals surface area contributed by atoms with Gasteiger partial charge in [0.2, 0.25) is 5.91 Å². The van der Waals surface area contributed by atoms with Crippen molar-refractivity contribution in [2.45, 2.75) is 26.3 Å². The third-order valence-electron chi connectivity index (χ3n) is 3.90. The summed E-state index contributed by atoms with van der Waals surface area (Å²) >= 11 is 7.61. The lowest BCUT2D eigenvalue weighted by Gasteiger charge is -2.29. The van der Waals surface area contributed by atoms with E-state index in [1.165, 1.54) is 4.88 Å². The summed E-state index contributed by atoms with van der Waals surface area (Å²) in [6.45, 7) is 6.87. The highest BCUT2D eigenvalue weighted by molar-refractivity contribution is 7.10. The Labute approximate surface area is 147 Å². The average molecular weight is 351 g/mol. The molecule has 1 N–H and O–H groups in total. The van der Waals surface area contributed by atoms with E-state index in [9.17, 15) is 4.79 Å². The monoisotopic (exact) mass is 350 g/mol. The van der Waals surface area contributed by atoms with Crippen molar-refractivity contribution in [2.75, 3.05) is 19.6 Å². The maximum absolute atomic E-state index is 12.2. The number of benzene rings is 1. The van der Waals surface area contributed by atoms with Crippen molar-refractivity contribution in [1.29, 1.82) is 0 Å². The number of amides is 1. The van der Waals surface area contributed by atoms with Crippen LogP contribution in [0, 0.1) is 0 Å². The molecule has 2 rings (SSSR count). The fraction of sp³-hybridized carbons (Fsp3) is 0.389.